The molecule has 3 aromatic rings. The van der Waals surface area contributed by atoms with Crippen molar-refractivity contribution in [3.63, 3.8) is 0 Å². The van der Waals surface area contributed by atoms with Crippen molar-refractivity contribution in [2.45, 2.75) is 0 Å². The molecule has 6 heteroatoms. The van der Waals surface area contributed by atoms with E-state index < -0.39 is 0 Å². The van der Waals surface area contributed by atoms with E-state index >= 15 is 0 Å². The Hall–Kier alpha value is -3.15. The van der Waals surface area contributed by atoms with Gasteiger partial charge >= 0.3 is 0 Å². The highest BCUT2D eigenvalue weighted by Gasteiger charge is 2.15. The topological polar surface area (TPSA) is 66.4 Å². The number of nitrogens with zero attached hydrogens (tertiary/aromatic N) is 3. The van der Waals surface area contributed by atoms with E-state index in [9.17, 15) is 0 Å². The average molecular weight is 309 g/mol. The van der Waals surface area contributed by atoms with E-state index in [0.29, 0.717) is 22.9 Å². The lowest BCUT2D eigenvalue weighted by Crippen LogP contribution is -1.98. The zero-order valence-corrected chi connectivity index (χ0v) is 12.8. The van der Waals surface area contributed by atoms with E-state index in [4.69, 9.17) is 14.2 Å². The van der Waals surface area contributed by atoms with E-state index in [1.807, 2.05) is 36.4 Å². The Balaban J connectivity index is 1.97. The van der Waals surface area contributed by atoms with E-state index in [1.54, 1.807) is 26.6 Å². The summed E-state index contributed by atoms with van der Waals surface area (Å²) in [4.78, 5) is 4.20. The molecule has 0 saturated heterocycles. The predicted octanol–water partition coefficient (Wildman–Crippen LogP) is 3.35. The van der Waals surface area contributed by atoms with Crippen molar-refractivity contribution in [3.05, 3.63) is 55.0 Å². The number of methoxy groups -OCH3 is 2. The Morgan fingerprint density at radius 2 is 1.70 bits per heavy atom. The third-order valence-electron chi connectivity index (χ3n) is 3.16. The van der Waals surface area contributed by atoms with Crippen molar-refractivity contribution >= 4 is 0 Å². The second-order valence-corrected chi connectivity index (χ2v) is 4.62. The largest absolute Gasteiger partial charge is 0.491 e. The third-order valence-corrected chi connectivity index (χ3v) is 3.16. The molecule has 0 aliphatic carbocycles. The van der Waals surface area contributed by atoms with Crippen LogP contribution in [0.4, 0.5) is 0 Å². The number of hydrogen-bond donors (Lipinski definition) is 0. The number of benzene rings is 1. The zero-order chi connectivity index (χ0) is 16.1. The van der Waals surface area contributed by atoms with Crippen LogP contribution in [0.15, 0.2) is 55.0 Å². The standard InChI is InChI=1S/C17H15N3O3/c1-21-15-11-19-20-16(17(15)22-2)12-8-14(10-18-9-12)23-13-6-4-3-5-7-13/h3-11H,1-2H3. The molecule has 1 aromatic carbocycles. The maximum atomic E-state index is 5.79. The van der Waals surface area contributed by atoms with E-state index in [-0.39, 0.29) is 0 Å². The van der Waals surface area contributed by atoms with Crippen LogP contribution in [-0.4, -0.2) is 29.4 Å². The molecule has 3 rings (SSSR count). The summed E-state index contributed by atoms with van der Waals surface area (Å²) in [5, 5.41) is 8.06. The van der Waals surface area contributed by atoms with Crippen LogP contribution in [0.5, 0.6) is 23.0 Å². The number of rotatable bonds is 5. The van der Waals surface area contributed by atoms with Crippen LogP contribution < -0.4 is 14.2 Å². The first-order valence-corrected chi connectivity index (χ1v) is 6.94. The molecule has 0 amide bonds. The third kappa shape index (κ3) is 3.21. The Morgan fingerprint density at radius 1 is 0.870 bits per heavy atom. The fourth-order valence-corrected chi connectivity index (χ4v) is 2.12. The molecule has 0 radical (unpaired) electrons. The molecule has 116 valence electrons. The quantitative estimate of drug-likeness (QED) is 0.720. The first-order valence-electron chi connectivity index (χ1n) is 6.94. The summed E-state index contributed by atoms with van der Waals surface area (Å²) >= 11 is 0. The highest BCUT2D eigenvalue weighted by Crippen LogP contribution is 2.36. The molecule has 0 spiro atoms. The van der Waals surface area contributed by atoms with E-state index in [2.05, 4.69) is 15.2 Å². The number of aromatic nitrogens is 3. The van der Waals surface area contributed by atoms with Crippen molar-refractivity contribution in [3.8, 4) is 34.3 Å². The normalized spacial score (nSPS) is 10.2. The second kappa shape index (κ2) is 6.74. The van der Waals surface area contributed by atoms with Gasteiger partial charge in [0.2, 0.25) is 0 Å². The Morgan fingerprint density at radius 3 is 2.43 bits per heavy atom. The van der Waals surface area contributed by atoms with Gasteiger partial charge in [-0.3, -0.25) is 4.98 Å². The molecule has 0 fully saturated rings. The van der Waals surface area contributed by atoms with Crippen molar-refractivity contribution in [1.82, 2.24) is 15.2 Å². The number of hydrogen-bond acceptors (Lipinski definition) is 6. The minimum atomic E-state index is 0.501. The molecule has 0 atom stereocenters. The first-order chi connectivity index (χ1) is 11.3. The summed E-state index contributed by atoms with van der Waals surface area (Å²) in [5.41, 5.74) is 1.26. The van der Waals surface area contributed by atoms with Gasteiger partial charge in [-0.05, 0) is 18.2 Å². The Kier molecular flexibility index (Phi) is 4.33. The van der Waals surface area contributed by atoms with Crippen LogP contribution in [0.3, 0.4) is 0 Å². The van der Waals surface area contributed by atoms with Gasteiger partial charge in [0.05, 0.1) is 26.6 Å². The Bertz CT molecular complexity index is 794. The van der Waals surface area contributed by atoms with Crippen LogP contribution in [0, 0.1) is 0 Å². The molecular weight excluding hydrogens is 294 g/mol. The van der Waals surface area contributed by atoms with Gasteiger partial charge in [0.25, 0.3) is 0 Å². The average Bonchev–Trinajstić information content (AvgIpc) is 2.62. The number of para-hydroxylation sites is 1. The minimum Gasteiger partial charge on any atom is -0.491 e. The fraction of sp³-hybridized carbons (Fsp3) is 0.118. The molecule has 23 heavy (non-hydrogen) atoms. The molecule has 0 bridgehead atoms. The highest BCUT2D eigenvalue weighted by atomic mass is 16.5. The van der Waals surface area contributed by atoms with Crippen molar-refractivity contribution in [2.24, 2.45) is 0 Å². The lowest BCUT2D eigenvalue weighted by molar-refractivity contribution is 0.352. The molecule has 0 unspecified atom stereocenters. The molecule has 2 aromatic heterocycles. The summed E-state index contributed by atoms with van der Waals surface area (Å²) in [6, 6.07) is 11.3. The predicted molar refractivity (Wildman–Crippen MR) is 84.9 cm³/mol. The SMILES string of the molecule is COc1cnnc(-c2cncc(Oc3ccccc3)c2)c1OC. The number of pyridine rings is 1. The zero-order valence-electron chi connectivity index (χ0n) is 12.8. The van der Waals surface area contributed by atoms with Crippen molar-refractivity contribution in [2.75, 3.05) is 14.2 Å². The molecule has 0 aliphatic rings. The van der Waals surface area contributed by atoms with Gasteiger partial charge in [0.15, 0.2) is 11.5 Å². The number of ether oxygens (including phenoxy) is 3. The van der Waals surface area contributed by atoms with Crippen LogP contribution in [0.2, 0.25) is 0 Å². The van der Waals surface area contributed by atoms with Gasteiger partial charge in [0.1, 0.15) is 17.2 Å². The molecule has 0 aliphatic heterocycles. The van der Waals surface area contributed by atoms with Gasteiger partial charge in [0, 0.05) is 11.8 Å². The van der Waals surface area contributed by atoms with Crippen molar-refractivity contribution < 1.29 is 14.2 Å². The van der Waals surface area contributed by atoms with Crippen molar-refractivity contribution in [1.29, 1.82) is 0 Å². The second-order valence-electron chi connectivity index (χ2n) is 4.62. The van der Waals surface area contributed by atoms with Crippen LogP contribution in [0.25, 0.3) is 11.3 Å². The maximum absolute atomic E-state index is 5.79. The summed E-state index contributed by atoms with van der Waals surface area (Å²) < 4.78 is 16.4. The summed E-state index contributed by atoms with van der Waals surface area (Å²) in [6.07, 6.45) is 4.81. The van der Waals surface area contributed by atoms with E-state index in [1.165, 1.54) is 6.20 Å². The summed E-state index contributed by atoms with van der Waals surface area (Å²) in [5.74, 6) is 2.34. The lowest BCUT2D eigenvalue weighted by atomic mass is 10.2. The fourth-order valence-electron chi connectivity index (χ4n) is 2.12. The highest BCUT2D eigenvalue weighted by molar-refractivity contribution is 5.69. The monoisotopic (exact) mass is 309 g/mol. The van der Waals surface area contributed by atoms with Gasteiger partial charge < -0.3 is 14.2 Å². The molecule has 2 heterocycles. The molecular formula is C17H15N3O3. The van der Waals surface area contributed by atoms with Crippen LogP contribution in [0.1, 0.15) is 0 Å². The Labute approximate surface area is 133 Å². The van der Waals surface area contributed by atoms with Crippen LogP contribution in [-0.2, 0) is 0 Å². The van der Waals surface area contributed by atoms with Gasteiger partial charge in [-0.15, -0.1) is 5.10 Å². The smallest absolute Gasteiger partial charge is 0.190 e. The van der Waals surface area contributed by atoms with Gasteiger partial charge in [-0.1, -0.05) is 18.2 Å². The van der Waals surface area contributed by atoms with Crippen LogP contribution >= 0.6 is 0 Å². The first kappa shape index (κ1) is 14.8. The summed E-state index contributed by atoms with van der Waals surface area (Å²) in [6.45, 7) is 0. The minimum absolute atomic E-state index is 0.501. The molecule has 0 N–H and O–H groups in total. The summed E-state index contributed by atoms with van der Waals surface area (Å²) in [7, 11) is 3.11. The van der Waals surface area contributed by atoms with Gasteiger partial charge in [-0.2, -0.15) is 5.10 Å². The molecule has 6 nitrogen and oxygen atoms in total. The molecule has 0 saturated carbocycles. The lowest BCUT2D eigenvalue weighted by Gasteiger charge is -2.11. The maximum Gasteiger partial charge on any atom is 0.190 e. The van der Waals surface area contributed by atoms with Gasteiger partial charge in [-0.25, -0.2) is 0 Å². The van der Waals surface area contributed by atoms with E-state index in [0.717, 1.165) is 11.3 Å².